The molecule has 2 rings (SSSR count). The quantitative estimate of drug-likeness (QED) is 0.772. The van der Waals surface area contributed by atoms with Gasteiger partial charge in [-0.25, -0.2) is 0 Å². The lowest BCUT2D eigenvalue weighted by molar-refractivity contribution is 0.598. The van der Waals surface area contributed by atoms with Gasteiger partial charge in [0.05, 0.1) is 0 Å². The summed E-state index contributed by atoms with van der Waals surface area (Å²) in [5.41, 5.74) is 8.93. The number of anilines is 1. The van der Waals surface area contributed by atoms with E-state index < -0.39 is 0 Å². The molecule has 15 heavy (non-hydrogen) atoms. The van der Waals surface area contributed by atoms with Crippen LogP contribution in [0.15, 0.2) is 36.5 Å². The summed E-state index contributed by atoms with van der Waals surface area (Å²) in [4.78, 5) is 0. The fraction of sp³-hybridized carbons (Fsp3) is 0.250. The Bertz CT molecular complexity index is 428. The second-order valence-corrected chi connectivity index (χ2v) is 3.69. The fourth-order valence-electron chi connectivity index (χ4n) is 1.55. The molecule has 1 heterocycles. The van der Waals surface area contributed by atoms with Gasteiger partial charge < -0.3 is 5.73 Å². The molecule has 0 unspecified atom stereocenters. The molecule has 3 heteroatoms. The van der Waals surface area contributed by atoms with Crippen LogP contribution in [0.4, 0.5) is 5.69 Å². The van der Waals surface area contributed by atoms with E-state index in [2.05, 4.69) is 24.2 Å². The van der Waals surface area contributed by atoms with E-state index in [1.807, 2.05) is 29.1 Å². The number of nitrogens with zero attached hydrogens (tertiary/aromatic N) is 2. The molecule has 3 nitrogen and oxygen atoms in total. The normalized spacial score (nSPS) is 10.5. The van der Waals surface area contributed by atoms with Crippen molar-refractivity contribution in [3.8, 4) is 0 Å². The Labute approximate surface area is 89.5 Å². The van der Waals surface area contributed by atoms with Crippen molar-refractivity contribution < 1.29 is 0 Å². The summed E-state index contributed by atoms with van der Waals surface area (Å²) in [5.74, 6) is 0. The van der Waals surface area contributed by atoms with Crippen LogP contribution < -0.4 is 5.73 Å². The molecular formula is C12H15N3. The number of rotatable bonds is 3. The van der Waals surface area contributed by atoms with Crippen LogP contribution in [0.25, 0.3) is 0 Å². The first-order valence-electron chi connectivity index (χ1n) is 5.08. The molecule has 0 aliphatic heterocycles. The van der Waals surface area contributed by atoms with Gasteiger partial charge in [-0.2, -0.15) is 5.10 Å². The highest BCUT2D eigenvalue weighted by molar-refractivity contribution is 5.39. The van der Waals surface area contributed by atoms with E-state index in [0.29, 0.717) is 0 Å². The predicted octanol–water partition coefficient (Wildman–Crippen LogP) is 2.02. The summed E-state index contributed by atoms with van der Waals surface area (Å²) in [5, 5.41) is 4.24. The molecule has 0 aliphatic carbocycles. The van der Waals surface area contributed by atoms with Crippen molar-refractivity contribution in [2.45, 2.75) is 19.9 Å². The van der Waals surface area contributed by atoms with Gasteiger partial charge in [-0.1, -0.05) is 12.1 Å². The van der Waals surface area contributed by atoms with Gasteiger partial charge in [0.2, 0.25) is 0 Å². The minimum atomic E-state index is 0.814. The van der Waals surface area contributed by atoms with Crippen molar-refractivity contribution in [3.63, 3.8) is 0 Å². The van der Waals surface area contributed by atoms with Crippen LogP contribution in [0.3, 0.4) is 0 Å². The van der Waals surface area contributed by atoms with Gasteiger partial charge in [-0.3, -0.25) is 4.68 Å². The predicted molar refractivity (Wildman–Crippen MR) is 61.5 cm³/mol. The summed E-state index contributed by atoms with van der Waals surface area (Å²) in [7, 11) is 0. The zero-order chi connectivity index (χ0) is 10.7. The molecule has 0 radical (unpaired) electrons. The molecule has 0 atom stereocenters. The standard InChI is InChI=1S/C12H15N3/c1-10-6-8-14-15(10)9-7-11-2-4-12(13)5-3-11/h2-6,8H,7,9,13H2,1H3. The van der Waals surface area contributed by atoms with Crippen molar-refractivity contribution in [2.75, 3.05) is 5.73 Å². The highest BCUT2D eigenvalue weighted by Gasteiger charge is 1.97. The van der Waals surface area contributed by atoms with Crippen molar-refractivity contribution in [3.05, 3.63) is 47.8 Å². The van der Waals surface area contributed by atoms with E-state index in [-0.39, 0.29) is 0 Å². The smallest absolute Gasteiger partial charge is 0.0492 e. The summed E-state index contributed by atoms with van der Waals surface area (Å²) in [6.45, 7) is 2.98. The third-order valence-electron chi connectivity index (χ3n) is 2.52. The third-order valence-corrected chi connectivity index (χ3v) is 2.52. The molecule has 1 aromatic heterocycles. The lowest BCUT2D eigenvalue weighted by Gasteiger charge is -2.04. The second-order valence-electron chi connectivity index (χ2n) is 3.69. The number of nitrogens with two attached hydrogens (primary N) is 1. The molecule has 0 amide bonds. The van der Waals surface area contributed by atoms with Crippen molar-refractivity contribution >= 4 is 5.69 Å². The maximum atomic E-state index is 5.62. The monoisotopic (exact) mass is 201 g/mol. The van der Waals surface area contributed by atoms with E-state index >= 15 is 0 Å². The van der Waals surface area contributed by atoms with Crippen LogP contribution in [0, 0.1) is 6.92 Å². The molecule has 1 aromatic carbocycles. The number of hydrogen-bond donors (Lipinski definition) is 1. The summed E-state index contributed by atoms with van der Waals surface area (Å²) >= 11 is 0. The molecule has 0 saturated heterocycles. The van der Waals surface area contributed by atoms with Crippen LogP contribution in [0.5, 0.6) is 0 Å². The lowest BCUT2D eigenvalue weighted by atomic mass is 10.1. The van der Waals surface area contributed by atoms with E-state index in [1.54, 1.807) is 0 Å². The number of benzene rings is 1. The highest BCUT2D eigenvalue weighted by atomic mass is 15.3. The largest absolute Gasteiger partial charge is 0.399 e. The van der Waals surface area contributed by atoms with Gasteiger partial charge in [0.1, 0.15) is 0 Å². The molecule has 2 N–H and O–H groups in total. The van der Waals surface area contributed by atoms with Crippen LogP contribution in [0.2, 0.25) is 0 Å². The van der Waals surface area contributed by atoms with Crippen molar-refractivity contribution in [1.82, 2.24) is 9.78 Å². The SMILES string of the molecule is Cc1ccnn1CCc1ccc(N)cc1. The van der Waals surface area contributed by atoms with E-state index in [0.717, 1.165) is 18.7 Å². The molecular weight excluding hydrogens is 186 g/mol. The van der Waals surface area contributed by atoms with Gasteiger partial charge in [0, 0.05) is 24.1 Å². The van der Waals surface area contributed by atoms with Crippen LogP contribution >= 0.6 is 0 Å². The van der Waals surface area contributed by atoms with Crippen molar-refractivity contribution in [1.29, 1.82) is 0 Å². The Kier molecular flexibility index (Phi) is 2.72. The Morgan fingerprint density at radius 3 is 2.53 bits per heavy atom. The van der Waals surface area contributed by atoms with E-state index in [9.17, 15) is 0 Å². The topological polar surface area (TPSA) is 43.8 Å². The van der Waals surface area contributed by atoms with Gasteiger partial charge >= 0.3 is 0 Å². The Morgan fingerprint density at radius 1 is 1.20 bits per heavy atom. The zero-order valence-electron chi connectivity index (χ0n) is 8.85. The molecule has 0 saturated carbocycles. The first-order chi connectivity index (χ1) is 7.25. The zero-order valence-corrected chi connectivity index (χ0v) is 8.85. The molecule has 0 aliphatic rings. The number of aryl methyl sites for hydroxylation is 3. The number of aromatic nitrogens is 2. The molecule has 0 fully saturated rings. The maximum Gasteiger partial charge on any atom is 0.0492 e. The average Bonchev–Trinajstić information content (AvgIpc) is 2.63. The van der Waals surface area contributed by atoms with Gasteiger partial charge in [0.15, 0.2) is 0 Å². The summed E-state index contributed by atoms with van der Waals surface area (Å²) in [6, 6.07) is 10.0. The third kappa shape index (κ3) is 2.37. The second kappa shape index (κ2) is 4.17. The maximum absolute atomic E-state index is 5.62. The summed E-state index contributed by atoms with van der Waals surface area (Å²) in [6.07, 6.45) is 2.82. The first-order valence-corrected chi connectivity index (χ1v) is 5.08. The van der Waals surface area contributed by atoms with Crippen LogP contribution in [-0.4, -0.2) is 9.78 Å². The minimum Gasteiger partial charge on any atom is -0.399 e. The molecule has 78 valence electrons. The first kappa shape index (κ1) is 9.77. The van der Waals surface area contributed by atoms with Crippen LogP contribution in [-0.2, 0) is 13.0 Å². The Morgan fingerprint density at radius 2 is 1.93 bits per heavy atom. The number of hydrogen-bond acceptors (Lipinski definition) is 2. The molecule has 2 aromatic rings. The lowest BCUT2D eigenvalue weighted by Crippen LogP contribution is -2.04. The minimum absolute atomic E-state index is 0.814. The fourth-order valence-corrected chi connectivity index (χ4v) is 1.55. The molecule has 0 spiro atoms. The van der Waals surface area contributed by atoms with Crippen LogP contribution in [0.1, 0.15) is 11.3 Å². The number of nitrogen functional groups attached to an aromatic ring is 1. The Hall–Kier alpha value is -1.77. The average molecular weight is 201 g/mol. The van der Waals surface area contributed by atoms with Gasteiger partial charge in [0.25, 0.3) is 0 Å². The van der Waals surface area contributed by atoms with E-state index in [4.69, 9.17) is 5.73 Å². The summed E-state index contributed by atoms with van der Waals surface area (Å²) < 4.78 is 2.01. The van der Waals surface area contributed by atoms with Crippen molar-refractivity contribution in [2.24, 2.45) is 0 Å². The van der Waals surface area contributed by atoms with Gasteiger partial charge in [-0.05, 0) is 37.1 Å². The van der Waals surface area contributed by atoms with Gasteiger partial charge in [-0.15, -0.1) is 0 Å². The van der Waals surface area contributed by atoms with E-state index in [1.165, 1.54) is 11.3 Å². The highest BCUT2D eigenvalue weighted by Crippen LogP contribution is 2.07. The Balaban J connectivity index is 1.99. The molecule has 0 bridgehead atoms.